The van der Waals surface area contributed by atoms with E-state index in [4.69, 9.17) is 5.84 Å². The Balaban J connectivity index is 1.93. The number of carbonyl (C=O) groups excluding carboxylic acids is 2. The van der Waals surface area contributed by atoms with Crippen LogP contribution in [0.3, 0.4) is 0 Å². The molecule has 0 unspecified atom stereocenters. The van der Waals surface area contributed by atoms with Gasteiger partial charge in [0.2, 0.25) is 11.1 Å². The second-order valence-electron chi connectivity index (χ2n) is 7.04. The fraction of sp³-hybridized carbons (Fsp3) is 0.412. The van der Waals surface area contributed by atoms with Crippen LogP contribution in [0.4, 0.5) is 5.69 Å². The van der Waals surface area contributed by atoms with Gasteiger partial charge in [-0.2, -0.15) is 0 Å². The molecule has 0 atom stereocenters. The molecule has 2 amide bonds. The number of benzene rings is 1. The molecule has 0 aliphatic heterocycles. The van der Waals surface area contributed by atoms with Crippen molar-refractivity contribution in [1.82, 2.24) is 19.8 Å². The van der Waals surface area contributed by atoms with Crippen molar-refractivity contribution >= 4 is 29.3 Å². The van der Waals surface area contributed by atoms with Crippen molar-refractivity contribution in [2.24, 2.45) is 0 Å². The molecule has 9 heteroatoms. The first-order valence-corrected chi connectivity index (χ1v) is 9.03. The lowest BCUT2D eigenvalue weighted by Crippen LogP contribution is -2.24. The molecule has 1 heterocycles. The third-order valence-corrected chi connectivity index (χ3v) is 4.43. The van der Waals surface area contributed by atoms with E-state index < -0.39 is 0 Å². The van der Waals surface area contributed by atoms with Gasteiger partial charge in [-0.3, -0.25) is 9.59 Å². The quantitative estimate of drug-likeness (QED) is 0.608. The number of nitrogens with two attached hydrogens (primary N) is 1. The first kappa shape index (κ1) is 19.8. The van der Waals surface area contributed by atoms with Gasteiger partial charge in [0.15, 0.2) is 5.82 Å². The Labute approximate surface area is 157 Å². The van der Waals surface area contributed by atoms with E-state index in [-0.39, 0.29) is 23.0 Å². The van der Waals surface area contributed by atoms with Crippen LogP contribution in [-0.4, -0.2) is 51.4 Å². The second-order valence-corrected chi connectivity index (χ2v) is 7.98. The van der Waals surface area contributed by atoms with Crippen LogP contribution in [0.2, 0.25) is 0 Å². The summed E-state index contributed by atoms with van der Waals surface area (Å²) < 4.78 is 1.42. The van der Waals surface area contributed by atoms with E-state index in [1.807, 2.05) is 20.8 Å². The number of hydrogen-bond donors (Lipinski definition) is 2. The number of nitrogens with zero attached hydrogens (tertiary/aromatic N) is 4. The van der Waals surface area contributed by atoms with Crippen molar-refractivity contribution < 1.29 is 9.59 Å². The molecule has 0 spiro atoms. The summed E-state index contributed by atoms with van der Waals surface area (Å²) in [4.78, 5) is 25.5. The van der Waals surface area contributed by atoms with Crippen molar-refractivity contribution in [2.75, 3.05) is 31.0 Å². The zero-order valence-electron chi connectivity index (χ0n) is 15.6. The predicted molar refractivity (Wildman–Crippen MR) is 103 cm³/mol. The Morgan fingerprint density at radius 2 is 1.81 bits per heavy atom. The minimum Gasteiger partial charge on any atom is -0.345 e. The standard InChI is InChI=1S/C17H24N6O2S/c1-17(2,3)15-20-21-16(23(15)18)26-10-13(24)19-12-8-6-11(7-9-12)14(25)22(4)5/h6-9H,10,18H2,1-5H3,(H,19,24). The first-order valence-electron chi connectivity index (χ1n) is 8.05. The molecule has 2 rings (SSSR count). The minimum atomic E-state index is -0.228. The van der Waals surface area contributed by atoms with E-state index in [9.17, 15) is 9.59 Å². The van der Waals surface area contributed by atoms with Gasteiger partial charge in [-0.05, 0) is 24.3 Å². The first-order chi connectivity index (χ1) is 12.1. The lowest BCUT2D eigenvalue weighted by Gasteiger charge is -2.16. The minimum absolute atomic E-state index is 0.0876. The fourth-order valence-corrected chi connectivity index (χ4v) is 2.82. The fourth-order valence-electron chi connectivity index (χ4n) is 2.17. The molecular formula is C17H24N6O2S. The highest BCUT2D eigenvalue weighted by Crippen LogP contribution is 2.23. The SMILES string of the molecule is CN(C)C(=O)c1ccc(NC(=O)CSc2nnc(C(C)(C)C)n2N)cc1. The van der Waals surface area contributed by atoms with Gasteiger partial charge in [0.25, 0.3) is 5.91 Å². The zero-order chi connectivity index (χ0) is 19.5. The number of nitrogen functional groups attached to an aromatic ring is 1. The van der Waals surface area contributed by atoms with Crippen LogP contribution in [0.5, 0.6) is 0 Å². The van der Waals surface area contributed by atoms with Crippen LogP contribution in [0.25, 0.3) is 0 Å². The van der Waals surface area contributed by atoms with Gasteiger partial charge in [0, 0.05) is 30.8 Å². The van der Waals surface area contributed by atoms with Crippen LogP contribution in [0.1, 0.15) is 37.0 Å². The highest BCUT2D eigenvalue weighted by molar-refractivity contribution is 7.99. The Morgan fingerprint density at radius 1 is 1.19 bits per heavy atom. The molecule has 1 aromatic carbocycles. The van der Waals surface area contributed by atoms with Gasteiger partial charge < -0.3 is 16.1 Å². The maximum Gasteiger partial charge on any atom is 0.253 e. The summed E-state index contributed by atoms with van der Waals surface area (Å²) in [6.45, 7) is 5.98. The average molecular weight is 376 g/mol. The topological polar surface area (TPSA) is 106 Å². The van der Waals surface area contributed by atoms with Crippen molar-refractivity contribution in [3.8, 4) is 0 Å². The molecule has 0 aliphatic rings. The van der Waals surface area contributed by atoms with Crippen molar-refractivity contribution in [3.05, 3.63) is 35.7 Å². The lowest BCUT2D eigenvalue weighted by atomic mass is 9.96. The maximum atomic E-state index is 12.1. The van der Waals surface area contributed by atoms with E-state index in [1.54, 1.807) is 38.4 Å². The lowest BCUT2D eigenvalue weighted by molar-refractivity contribution is -0.113. The zero-order valence-corrected chi connectivity index (χ0v) is 16.4. The number of aromatic nitrogens is 3. The number of thioether (sulfide) groups is 1. The molecule has 3 N–H and O–H groups in total. The normalized spacial score (nSPS) is 11.3. The third kappa shape index (κ3) is 4.75. The molecule has 26 heavy (non-hydrogen) atoms. The molecule has 0 saturated heterocycles. The molecular weight excluding hydrogens is 352 g/mol. The summed E-state index contributed by atoms with van der Waals surface area (Å²) in [5.41, 5.74) is 0.956. The average Bonchev–Trinajstić information content (AvgIpc) is 2.94. The van der Waals surface area contributed by atoms with Gasteiger partial charge in [0.05, 0.1) is 5.75 Å². The smallest absolute Gasteiger partial charge is 0.253 e. The van der Waals surface area contributed by atoms with E-state index in [0.29, 0.717) is 22.2 Å². The molecule has 0 fully saturated rings. The number of rotatable bonds is 5. The summed E-state index contributed by atoms with van der Waals surface area (Å²) in [7, 11) is 3.38. The summed E-state index contributed by atoms with van der Waals surface area (Å²) >= 11 is 1.21. The van der Waals surface area contributed by atoms with Crippen LogP contribution in [-0.2, 0) is 10.2 Å². The van der Waals surface area contributed by atoms with Gasteiger partial charge in [-0.15, -0.1) is 10.2 Å². The van der Waals surface area contributed by atoms with Gasteiger partial charge in [-0.1, -0.05) is 32.5 Å². The third-order valence-electron chi connectivity index (χ3n) is 3.49. The number of anilines is 1. The van der Waals surface area contributed by atoms with Crippen molar-refractivity contribution in [3.63, 3.8) is 0 Å². The maximum absolute atomic E-state index is 12.1. The van der Waals surface area contributed by atoms with Gasteiger partial charge >= 0.3 is 0 Å². The molecule has 0 radical (unpaired) electrons. The molecule has 0 aliphatic carbocycles. The number of nitrogens with one attached hydrogen (secondary N) is 1. The highest BCUT2D eigenvalue weighted by atomic mass is 32.2. The Bertz CT molecular complexity index is 793. The Morgan fingerprint density at radius 3 is 2.31 bits per heavy atom. The van der Waals surface area contributed by atoms with Crippen LogP contribution in [0, 0.1) is 0 Å². The van der Waals surface area contributed by atoms with Crippen molar-refractivity contribution in [1.29, 1.82) is 0 Å². The summed E-state index contributed by atoms with van der Waals surface area (Å²) in [5, 5.41) is 11.4. The molecule has 2 aromatic rings. The van der Waals surface area contributed by atoms with E-state index in [1.165, 1.54) is 21.3 Å². The number of amides is 2. The van der Waals surface area contributed by atoms with Gasteiger partial charge in [0.1, 0.15) is 0 Å². The van der Waals surface area contributed by atoms with E-state index >= 15 is 0 Å². The summed E-state index contributed by atoms with van der Waals surface area (Å²) in [6, 6.07) is 6.75. The summed E-state index contributed by atoms with van der Waals surface area (Å²) in [5.74, 6) is 6.53. The van der Waals surface area contributed by atoms with Crippen LogP contribution >= 0.6 is 11.8 Å². The summed E-state index contributed by atoms with van der Waals surface area (Å²) in [6.07, 6.45) is 0. The Kier molecular flexibility index (Phi) is 5.91. The van der Waals surface area contributed by atoms with Crippen LogP contribution < -0.4 is 11.2 Å². The van der Waals surface area contributed by atoms with Gasteiger partial charge in [-0.25, -0.2) is 4.68 Å². The molecule has 0 bridgehead atoms. The van der Waals surface area contributed by atoms with E-state index in [0.717, 1.165) is 0 Å². The van der Waals surface area contributed by atoms with Crippen LogP contribution in [0.15, 0.2) is 29.4 Å². The molecule has 0 saturated carbocycles. The Hall–Kier alpha value is -2.55. The predicted octanol–water partition coefficient (Wildman–Crippen LogP) is 1.72. The van der Waals surface area contributed by atoms with Crippen molar-refractivity contribution in [2.45, 2.75) is 31.3 Å². The molecule has 140 valence electrons. The number of hydrogen-bond acceptors (Lipinski definition) is 6. The second kappa shape index (κ2) is 7.77. The highest BCUT2D eigenvalue weighted by Gasteiger charge is 2.23. The molecule has 8 nitrogen and oxygen atoms in total. The molecule has 1 aromatic heterocycles. The monoisotopic (exact) mass is 376 g/mol. The van der Waals surface area contributed by atoms with E-state index in [2.05, 4.69) is 15.5 Å². The number of carbonyl (C=O) groups is 2. The largest absolute Gasteiger partial charge is 0.345 e.